The maximum atomic E-state index is 3.67. The van der Waals surface area contributed by atoms with E-state index in [0.29, 0.717) is 6.04 Å². The van der Waals surface area contributed by atoms with Gasteiger partial charge >= 0.3 is 0 Å². The molecule has 3 unspecified atom stereocenters. The van der Waals surface area contributed by atoms with Crippen molar-refractivity contribution in [2.24, 2.45) is 17.8 Å². The van der Waals surface area contributed by atoms with E-state index in [9.17, 15) is 0 Å². The molecule has 18 heavy (non-hydrogen) atoms. The van der Waals surface area contributed by atoms with Crippen LogP contribution < -0.4 is 5.32 Å². The molecule has 98 valence electrons. The molecule has 2 heteroatoms. The minimum absolute atomic E-state index is 0.664. The monoisotopic (exact) mass is 307 g/mol. The Labute approximate surface area is 118 Å². The quantitative estimate of drug-likeness (QED) is 0.886. The summed E-state index contributed by atoms with van der Waals surface area (Å²) in [6.07, 6.45) is 7.04. The zero-order valence-corrected chi connectivity index (χ0v) is 12.6. The van der Waals surface area contributed by atoms with Crippen LogP contribution in [0.3, 0.4) is 0 Å². The first-order valence-corrected chi connectivity index (χ1v) is 8.01. The summed E-state index contributed by atoms with van der Waals surface area (Å²) in [6, 6.07) is 9.31. The third-order valence-corrected chi connectivity index (χ3v) is 5.73. The second-order valence-electron chi connectivity index (χ2n) is 5.88. The lowest BCUT2D eigenvalue weighted by Crippen LogP contribution is -2.31. The highest BCUT2D eigenvalue weighted by molar-refractivity contribution is 9.10. The fourth-order valence-electron chi connectivity index (χ4n) is 3.98. The van der Waals surface area contributed by atoms with Gasteiger partial charge in [0.15, 0.2) is 0 Å². The van der Waals surface area contributed by atoms with E-state index in [4.69, 9.17) is 0 Å². The summed E-state index contributed by atoms with van der Waals surface area (Å²) in [7, 11) is 2.13. The van der Waals surface area contributed by atoms with Crippen molar-refractivity contribution in [1.29, 1.82) is 0 Å². The van der Waals surface area contributed by atoms with Gasteiger partial charge in [0.05, 0.1) is 0 Å². The Morgan fingerprint density at radius 2 is 1.89 bits per heavy atom. The van der Waals surface area contributed by atoms with Crippen molar-refractivity contribution in [2.75, 3.05) is 7.05 Å². The van der Waals surface area contributed by atoms with E-state index in [-0.39, 0.29) is 0 Å². The van der Waals surface area contributed by atoms with Gasteiger partial charge < -0.3 is 5.32 Å². The summed E-state index contributed by atoms with van der Waals surface area (Å²) in [6.45, 7) is 0. The van der Waals surface area contributed by atoms with Gasteiger partial charge in [-0.05, 0) is 55.7 Å². The SMILES string of the molecule is CNC(Cc1ccccc1Br)C1C2CCCCC21. The van der Waals surface area contributed by atoms with Gasteiger partial charge in [-0.2, -0.15) is 0 Å². The van der Waals surface area contributed by atoms with Crippen LogP contribution in [0.25, 0.3) is 0 Å². The molecule has 0 amide bonds. The molecule has 2 aliphatic rings. The number of nitrogens with one attached hydrogen (secondary N) is 1. The molecule has 0 radical (unpaired) electrons. The van der Waals surface area contributed by atoms with Crippen LogP contribution in [0, 0.1) is 17.8 Å². The van der Waals surface area contributed by atoms with Crippen LogP contribution in [-0.4, -0.2) is 13.1 Å². The van der Waals surface area contributed by atoms with Gasteiger partial charge in [0.2, 0.25) is 0 Å². The molecule has 1 nitrogen and oxygen atoms in total. The standard InChI is InChI=1S/C16H22BrN/c1-18-15(10-11-6-2-5-9-14(11)17)16-12-7-3-4-8-13(12)16/h2,5-6,9,12-13,15-16,18H,3-4,7-8,10H2,1H3. The summed E-state index contributed by atoms with van der Waals surface area (Å²) in [5.41, 5.74) is 1.44. The molecule has 0 aromatic heterocycles. The predicted molar refractivity (Wildman–Crippen MR) is 79.6 cm³/mol. The lowest BCUT2D eigenvalue weighted by Gasteiger charge is -2.17. The Bertz CT molecular complexity index is 405. The van der Waals surface area contributed by atoms with Crippen LogP contribution in [0.4, 0.5) is 0 Å². The minimum Gasteiger partial charge on any atom is -0.316 e. The summed E-state index contributed by atoms with van der Waals surface area (Å²) < 4.78 is 1.26. The van der Waals surface area contributed by atoms with E-state index in [2.05, 4.69) is 52.6 Å². The molecule has 3 rings (SSSR count). The molecule has 1 aromatic rings. The van der Waals surface area contributed by atoms with Crippen molar-refractivity contribution in [2.45, 2.75) is 38.1 Å². The first-order chi connectivity index (χ1) is 8.81. The van der Waals surface area contributed by atoms with Crippen molar-refractivity contribution >= 4 is 15.9 Å². The second kappa shape index (κ2) is 5.34. The molecule has 0 heterocycles. The fourth-order valence-corrected chi connectivity index (χ4v) is 4.42. The normalized spacial score (nSPS) is 31.8. The smallest absolute Gasteiger partial charge is 0.0207 e. The predicted octanol–water partition coefficient (Wildman–Crippen LogP) is 4.02. The minimum atomic E-state index is 0.664. The van der Waals surface area contributed by atoms with Crippen LogP contribution in [0.15, 0.2) is 28.7 Å². The Balaban J connectivity index is 1.69. The third kappa shape index (κ3) is 2.37. The zero-order valence-electron chi connectivity index (χ0n) is 11.0. The molecule has 0 spiro atoms. The molecule has 2 aliphatic carbocycles. The van der Waals surface area contributed by atoms with Gasteiger partial charge in [0.1, 0.15) is 0 Å². The number of halogens is 1. The van der Waals surface area contributed by atoms with Gasteiger partial charge in [-0.25, -0.2) is 0 Å². The summed E-state index contributed by atoms with van der Waals surface area (Å²) in [4.78, 5) is 0. The van der Waals surface area contributed by atoms with Gasteiger partial charge in [0.25, 0.3) is 0 Å². The van der Waals surface area contributed by atoms with Gasteiger partial charge in [-0.1, -0.05) is 47.0 Å². The first-order valence-electron chi connectivity index (χ1n) is 7.22. The second-order valence-corrected chi connectivity index (χ2v) is 6.73. The van der Waals surface area contributed by atoms with Gasteiger partial charge in [-0.15, -0.1) is 0 Å². The zero-order chi connectivity index (χ0) is 12.5. The van der Waals surface area contributed by atoms with E-state index in [1.807, 2.05) is 0 Å². The number of hydrogen-bond donors (Lipinski definition) is 1. The Morgan fingerprint density at radius 1 is 1.22 bits per heavy atom. The molecule has 1 N–H and O–H groups in total. The van der Waals surface area contributed by atoms with Crippen molar-refractivity contribution < 1.29 is 0 Å². The van der Waals surface area contributed by atoms with E-state index in [0.717, 1.165) is 24.2 Å². The molecule has 0 saturated heterocycles. The average Bonchev–Trinajstić information content (AvgIpc) is 3.12. The maximum Gasteiger partial charge on any atom is 0.0207 e. The molecule has 3 atom stereocenters. The van der Waals surface area contributed by atoms with E-state index < -0.39 is 0 Å². The van der Waals surface area contributed by atoms with Crippen LogP contribution >= 0.6 is 15.9 Å². The molecule has 1 aromatic carbocycles. The number of hydrogen-bond acceptors (Lipinski definition) is 1. The van der Waals surface area contributed by atoms with Crippen molar-refractivity contribution in [3.63, 3.8) is 0 Å². The number of fused-ring (bicyclic) bond motifs is 1. The summed E-state index contributed by atoms with van der Waals surface area (Å²) >= 11 is 3.67. The Hall–Kier alpha value is -0.340. The molecule has 2 fully saturated rings. The van der Waals surface area contributed by atoms with Crippen molar-refractivity contribution in [3.8, 4) is 0 Å². The molecular formula is C16H22BrN. The lowest BCUT2D eigenvalue weighted by molar-refractivity contribution is 0.459. The van der Waals surface area contributed by atoms with Crippen LogP contribution in [-0.2, 0) is 6.42 Å². The number of rotatable bonds is 4. The Morgan fingerprint density at radius 3 is 2.50 bits per heavy atom. The highest BCUT2D eigenvalue weighted by Crippen LogP contribution is 2.57. The van der Waals surface area contributed by atoms with Gasteiger partial charge in [-0.3, -0.25) is 0 Å². The number of likely N-dealkylation sites (N-methyl/N-ethyl adjacent to an activating group) is 1. The fraction of sp³-hybridized carbons (Fsp3) is 0.625. The molecule has 2 saturated carbocycles. The average molecular weight is 308 g/mol. The molecule has 0 aliphatic heterocycles. The first kappa shape index (κ1) is 12.7. The van der Waals surface area contributed by atoms with E-state index >= 15 is 0 Å². The van der Waals surface area contributed by atoms with Crippen molar-refractivity contribution in [1.82, 2.24) is 5.32 Å². The lowest BCUT2D eigenvalue weighted by atomic mass is 10.00. The topological polar surface area (TPSA) is 12.0 Å². The largest absolute Gasteiger partial charge is 0.316 e. The highest BCUT2D eigenvalue weighted by atomic mass is 79.9. The highest BCUT2D eigenvalue weighted by Gasteiger charge is 2.53. The van der Waals surface area contributed by atoms with E-state index in [1.165, 1.54) is 35.7 Å². The Kier molecular flexibility index (Phi) is 3.76. The summed E-state index contributed by atoms with van der Waals surface area (Å²) in [5.74, 6) is 2.99. The molecule has 0 bridgehead atoms. The van der Waals surface area contributed by atoms with Crippen LogP contribution in [0.1, 0.15) is 31.2 Å². The maximum absolute atomic E-state index is 3.67. The van der Waals surface area contributed by atoms with E-state index in [1.54, 1.807) is 0 Å². The van der Waals surface area contributed by atoms with Crippen LogP contribution in [0.2, 0.25) is 0 Å². The van der Waals surface area contributed by atoms with Crippen LogP contribution in [0.5, 0.6) is 0 Å². The van der Waals surface area contributed by atoms with Crippen molar-refractivity contribution in [3.05, 3.63) is 34.3 Å². The molecular weight excluding hydrogens is 286 g/mol. The van der Waals surface area contributed by atoms with Gasteiger partial charge in [0, 0.05) is 10.5 Å². The third-order valence-electron chi connectivity index (χ3n) is 4.96. The number of benzene rings is 1. The summed E-state index contributed by atoms with van der Waals surface area (Å²) in [5, 5.41) is 3.58.